The number of aromatic nitrogens is 1. The summed E-state index contributed by atoms with van der Waals surface area (Å²) in [5, 5.41) is 9.38. The number of thiazole rings is 1. The fourth-order valence-electron chi connectivity index (χ4n) is 0.812. The molecule has 0 radical (unpaired) electrons. The lowest BCUT2D eigenvalue weighted by Gasteiger charge is -2.04. The van der Waals surface area contributed by atoms with Crippen molar-refractivity contribution in [1.82, 2.24) is 10.3 Å². The summed E-state index contributed by atoms with van der Waals surface area (Å²) in [5.74, 6) is 0. The molecule has 0 atom stereocenters. The molecule has 0 aromatic carbocycles. The number of nitrogens with one attached hydrogen (secondary N) is 2. The normalized spacial score (nSPS) is 10.7. The summed E-state index contributed by atoms with van der Waals surface area (Å²) in [7, 11) is 1.89. The largest absolute Gasteiger partial charge is 0.365 e. The first kappa shape index (κ1) is 9.48. The highest BCUT2D eigenvalue weighted by Crippen LogP contribution is 2.13. The van der Waals surface area contributed by atoms with E-state index in [1.165, 1.54) is 0 Å². The molecule has 0 fully saturated rings. The van der Waals surface area contributed by atoms with Crippen molar-refractivity contribution >= 4 is 16.5 Å². The lowest BCUT2D eigenvalue weighted by atomic mass is 10.4. The van der Waals surface area contributed by atoms with Crippen molar-refractivity contribution in [1.29, 1.82) is 0 Å². The van der Waals surface area contributed by atoms with Gasteiger partial charge in [-0.2, -0.15) is 0 Å². The van der Waals surface area contributed by atoms with Crippen LogP contribution in [-0.2, 0) is 6.54 Å². The molecule has 0 aliphatic heterocycles. The minimum Gasteiger partial charge on any atom is -0.365 e. The van der Waals surface area contributed by atoms with E-state index in [1.54, 1.807) is 11.3 Å². The Kier molecular flexibility index (Phi) is 3.49. The maximum Gasteiger partial charge on any atom is 0.182 e. The van der Waals surface area contributed by atoms with Gasteiger partial charge in [-0.15, -0.1) is 11.3 Å². The second-order valence-corrected chi connectivity index (χ2v) is 3.79. The Labute approximate surface area is 77.2 Å². The van der Waals surface area contributed by atoms with E-state index in [0.717, 1.165) is 17.4 Å². The van der Waals surface area contributed by atoms with Gasteiger partial charge in [0, 0.05) is 25.0 Å². The number of rotatable bonds is 4. The van der Waals surface area contributed by atoms with Gasteiger partial charge >= 0.3 is 0 Å². The van der Waals surface area contributed by atoms with E-state index in [1.807, 2.05) is 7.05 Å². The average molecular weight is 185 g/mol. The summed E-state index contributed by atoms with van der Waals surface area (Å²) in [6.45, 7) is 5.12. The lowest BCUT2D eigenvalue weighted by Crippen LogP contribution is -2.21. The Bertz CT molecular complexity index is 232. The maximum atomic E-state index is 4.35. The van der Waals surface area contributed by atoms with Crippen molar-refractivity contribution < 1.29 is 0 Å². The van der Waals surface area contributed by atoms with E-state index in [-0.39, 0.29) is 0 Å². The molecule has 0 saturated carbocycles. The third-order valence-electron chi connectivity index (χ3n) is 1.46. The molecular formula is C8H15N3S. The molecule has 0 saturated heterocycles. The highest BCUT2D eigenvalue weighted by atomic mass is 32.1. The van der Waals surface area contributed by atoms with Crippen molar-refractivity contribution in [3.63, 3.8) is 0 Å². The summed E-state index contributed by atoms with van der Waals surface area (Å²) < 4.78 is 0. The first-order valence-electron chi connectivity index (χ1n) is 4.08. The molecule has 1 rings (SSSR count). The van der Waals surface area contributed by atoms with Crippen LogP contribution in [0.1, 0.15) is 19.5 Å². The van der Waals surface area contributed by atoms with Crippen LogP contribution in [0.4, 0.5) is 5.13 Å². The molecule has 2 N–H and O–H groups in total. The minimum absolute atomic E-state index is 0.518. The molecule has 12 heavy (non-hydrogen) atoms. The zero-order valence-electron chi connectivity index (χ0n) is 7.72. The van der Waals surface area contributed by atoms with Crippen molar-refractivity contribution in [3.8, 4) is 0 Å². The fraction of sp³-hybridized carbons (Fsp3) is 0.625. The lowest BCUT2D eigenvalue weighted by molar-refractivity contribution is 0.583. The molecule has 1 heterocycles. The maximum absolute atomic E-state index is 4.35. The number of hydrogen-bond acceptors (Lipinski definition) is 4. The quantitative estimate of drug-likeness (QED) is 0.749. The van der Waals surface area contributed by atoms with Crippen LogP contribution in [0.25, 0.3) is 0 Å². The van der Waals surface area contributed by atoms with E-state index in [4.69, 9.17) is 0 Å². The smallest absolute Gasteiger partial charge is 0.182 e. The zero-order chi connectivity index (χ0) is 8.97. The second kappa shape index (κ2) is 4.42. The summed E-state index contributed by atoms with van der Waals surface area (Å²) in [6.07, 6.45) is 0. The minimum atomic E-state index is 0.518. The second-order valence-electron chi connectivity index (χ2n) is 2.93. The van der Waals surface area contributed by atoms with Gasteiger partial charge in [0.25, 0.3) is 0 Å². The van der Waals surface area contributed by atoms with E-state index in [2.05, 4.69) is 34.8 Å². The van der Waals surface area contributed by atoms with Gasteiger partial charge < -0.3 is 10.6 Å². The molecule has 0 unspecified atom stereocenters. The summed E-state index contributed by atoms with van der Waals surface area (Å²) in [5.41, 5.74) is 1.11. The number of anilines is 1. The molecule has 68 valence electrons. The Morgan fingerprint density at radius 1 is 1.58 bits per heavy atom. The van der Waals surface area contributed by atoms with Crippen molar-refractivity contribution in [2.75, 3.05) is 12.4 Å². The Hall–Kier alpha value is -0.610. The van der Waals surface area contributed by atoms with Crippen molar-refractivity contribution in [2.24, 2.45) is 0 Å². The van der Waals surface area contributed by atoms with Gasteiger partial charge in [-0.25, -0.2) is 4.98 Å². The average Bonchev–Trinajstić information content (AvgIpc) is 2.48. The summed E-state index contributed by atoms with van der Waals surface area (Å²) in [4.78, 5) is 4.35. The molecule has 4 heteroatoms. The van der Waals surface area contributed by atoms with Crippen LogP contribution in [0, 0.1) is 0 Å². The molecule has 0 spiro atoms. The van der Waals surface area contributed by atoms with Crippen LogP contribution in [0.3, 0.4) is 0 Å². The van der Waals surface area contributed by atoms with Crippen molar-refractivity contribution in [2.45, 2.75) is 26.4 Å². The fourth-order valence-corrected chi connectivity index (χ4v) is 1.48. The first-order valence-corrected chi connectivity index (χ1v) is 4.96. The zero-order valence-corrected chi connectivity index (χ0v) is 8.53. The van der Waals surface area contributed by atoms with E-state index in [9.17, 15) is 0 Å². The third-order valence-corrected chi connectivity index (χ3v) is 2.37. The Morgan fingerprint density at radius 2 is 2.33 bits per heavy atom. The van der Waals surface area contributed by atoms with Gasteiger partial charge in [0.05, 0.1) is 5.69 Å². The highest BCUT2D eigenvalue weighted by molar-refractivity contribution is 7.13. The Morgan fingerprint density at radius 3 is 2.83 bits per heavy atom. The van der Waals surface area contributed by atoms with Crippen LogP contribution in [0.5, 0.6) is 0 Å². The van der Waals surface area contributed by atoms with Crippen LogP contribution < -0.4 is 10.6 Å². The molecule has 0 aliphatic rings. The van der Waals surface area contributed by atoms with Crippen molar-refractivity contribution in [3.05, 3.63) is 11.1 Å². The van der Waals surface area contributed by atoms with Crippen LogP contribution in [0.2, 0.25) is 0 Å². The van der Waals surface area contributed by atoms with Gasteiger partial charge in [-0.1, -0.05) is 13.8 Å². The van der Waals surface area contributed by atoms with Gasteiger partial charge in [-0.05, 0) is 0 Å². The molecule has 0 aliphatic carbocycles. The van der Waals surface area contributed by atoms with Gasteiger partial charge in [0.15, 0.2) is 5.13 Å². The Balaban J connectivity index is 2.41. The van der Waals surface area contributed by atoms with Gasteiger partial charge in [-0.3, -0.25) is 0 Å². The van der Waals surface area contributed by atoms with Crippen LogP contribution in [-0.4, -0.2) is 18.1 Å². The van der Waals surface area contributed by atoms with Crippen LogP contribution >= 0.6 is 11.3 Å². The van der Waals surface area contributed by atoms with E-state index < -0.39 is 0 Å². The predicted molar refractivity (Wildman–Crippen MR) is 53.6 cm³/mol. The monoisotopic (exact) mass is 185 g/mol. The predicted octanol–water partition coefficient (Wildman–Crippen LogP) is 1.68. The molecule has 3 nitrogen and oxygen atoms in total. The molecular weight excluding hydrogens is 170 g/mol. The molecule has 0 bridgehead atoms. The number of nitrogens with zero attached hydrogens (tertiary/aromatic N) is 1. The highest BCUT2D eigenvalue weighted by Gasteiger charge is 1.99. The van der Waals surface area contributed by atoms with E-state index >= 15 is 0 Å². The van der Waals surface area contributed by atoms with E-state index in [0.29, 0.717) is 6.04 Å². The van der Waals surface area contributed by atoms with Gasteiger partial charge in [0.1, 0.15) is 0 Å². The molecule has 1 aromatic rings. The summed E-state index contributed by atoms with van der Waals surface area (Å²) >= 11 is 1.64. The SMILES string of the molecule is CNc1nc(CNC(C)C)cs1. The number of hydrogen-bond donors (Lipinski definition) is 2. The molecule has 1 aromatic heterocycles. The third kappa shape index (κ3) is 2.79. The summed E-state index contributed by atoms with van der Waals surface area (Å²) in [6, 6.07) is 0.518. The molecule has 0 amide bonds. The first-order chi connectivity index (χ1) is 5.72. The topological polar surface area (TPSA) is 37.0 Å². The standard InChI is InChI=1S/C8H15N3S/c1-6(2)10-4-7-5-12-8(9-3)11-7/h5-6,10H,4H2,1-3H3,(H,9,11). The van der Waals surface area contributed by atoms with Crippen LogP contribution in [0.15, 0.2) is 5.38 Å². The van der Waals surface area contributed by atoms with Gasteiger partial charge in [0.2, 0.25) is 0 Å².